The molecule has 0 saturated carbocycles. The lowest BCUT2D eigenvalue weighted by Crippen LogP contribution is -2.65. The van der Waals surface area contributed by atoms with Crippen molar-refractivity contribution < 1.29 is 15.3 Å². The van der Waals surface area contributed by atoms with Gasteiger partial charge in [-0.2, -0.15) is 10.5 Å². The Kier molecular flexibility index (Phi) is 4.33. The molecule has 6 nitrogen and oxygen atoms in total. The highest BCUT2D eigenvalue weighted by Crippen LogP contribution is 2.26. The summed E-state index contributed by atoms with van der Waals surface area (Å²) in [7, 11) is 0. The molecule has 1 fully saturated rings. The second-order valence-corrected chi connectivity index (χ2v) is 4.78. The van der Waals surface area contributed by atoms with Crippen LogP contribution in [0.25, 0.3) is 0 Å². The number of hydrogen-bond donors (Lipinski definition) is 3. The van der Waals surface area contributed by atoms with Gasteiger partial charge in [-0.3, -0.25) is 4.90 Å². The van der Waals surface area contributed by atoms with Crippen LogP contribution in [-0.2, 0) is 6.54 Å². The van der Waals surface area contributed by atoms with Crippen LogP contribution in [0.2, 0.25) is 0 Å². The van der Waals surface area contributed by atoms with Crippen molar-refractivity contribution in [3.8, 4) is 12.1 Å². The smallest absolute Gasteiger partial charge is 0.128 e. The van der Waals surface area contributed by atoms with Crippen LogP contribution in [0.5, 0.6) is 0 Å². The van der Waals surface area contributed by atoms with Gasteiger partial charge in [-0.05, 0) is 5.56 Å². The van der Waals surface area contributed by atoms with E-state index in [1.165, 1.54) is 4.90 Å². The van der Waals surface area contributed by atoms with Crippen molar-refractivity contribution >= 4 is 0 Å². The third kappa shape index (κ3) is 2.51. The zero-order chi connectivity index (χ0) is 14.7. The molecular formula is C14H15N3O3. The summed E-state index contributed by atoms with van der Waals surface area (Å²) in [6.07, 6.45) is -4.33. The topological polar surface area (TPSA) is 112 Å². The number of benzene rings is 1. The Bertz CT molecular complexity index is 509. The van der Waals surface area contributed by atoms with E-state index in [0.29, 0.717) is 0 Å². The van der Waals surface area contributed by atoms with E-state index in [0.717, 1.165) is 5.56 Å². The number of nitrogens with zero attached hydrogens (tertiary/aromatic N) is 3. The average molecular weight is 273 g/mol. The van der Waals surface area contributed by atoms with Gasteiger partial charge in [0.25, 0.3) is 0 Å². The minimum atomic E-state index is -1.50. The molecule has 20 heavy (non-hydrogen) atoms. The summed E-state index contributed by atoms with van der Waals surface area (Å²) in [4.78, 5) is 1.41. The van der Waals surface area contributed by atoms with Gasteiger partial charge in [-0.25, -0.2) is 0 Å². The molecule has 1 unspecified atom stereocenters. The maximum atomic E-state index is 9.89. The van der Waals surface area contributed by atoms with E-state index >= 15 is 0 Å². The lowest BCUT2D eigenvalue weighted by molar-refractivity contribution is -0.142. The SMILES string of the molecule is N#C[C@@H]1[C@@H](O)C(O)[C@@H](O)[C@H](C#N)N1Cc1ccccc1. The molecule has 1 saturated heterocycles. The van der Waals surface area contributed by atoms with Gasteiger partial charge in [0.2, 0.25) is 0 Å². The van der Waals surface area contributed by atoms with Crippen molar-refractivity contribution in [3.63, 3.8) is 0 Å². The molecule has 0 aliphatic carbocycles. The first kappa shape index (κ1) is 14.4. The normalized spacial score (nSPS) is 34.1. The van der Waals surface area contributed by atoms with Gasteiger partial charge in [0.15, 0.2) is 0 Å². The third-order valence-electron chi connectivity index (χ3n) is 3.53. The summed E-state index contributed by atoms with van der Waals surface area (Å²) in [6, 6.07) is 10.8. The quantitative estimate of drug-likeness (QED) is 0.661. The van der Waals surface area contributed by atoms with E-state index < -0.39 is 30.4 Å². The summed E-state index contributed by atoms with van der Waals surface area (Å²) in [6.45, 7) is 0.234. The molecule has 5 atom stereocenters. The maximum Gasteiger partial charge on any atom is 0.128 e. The number of likely N-dealkylation sites (tertiary alicyclic amines) is 1. The fourth-order valence-corrected chi connectivity index (χ4v) is 2.43. The van der Waals surface area contributed by atoms with Crippen LogP contribution in [0.1, 0.15) is 5.56 Å². The molecule has 3 N–H and O–H groups in total. The zero-order valence-electron chi connectivity index (χ0n) is 10.7. The lowest BCUT2D eigenvalue weighted by atomic mass is 9.88. The molecule has 1 heterocycles. The predicted octanol–water partition coefficient (Wildman–Crippen LogP) is -0.631. The Hall–Kier alpha value is -1.96. The molecule has 1 aromatic carbocycles. The van der Waals surface area contributed by atoms with Crippen molar-refractivity contribution in [2.45, 2.75) is 36.9 Å². The van der Waals surface area contributed by atoms with Gasteiger partial charge in [0.05, 0.1) is 12.1 Å². The number of aliphatic hydroxyl groups excluding tert-OH is 3. The number of rotatable bonds is 2. The van der Waals surface area contributed by atoms with Crippen LogP contribution in [0.15, 0.2) is 30.3 Å². The molecule has 0 spiro atoms. The Morgan fingerprint density at radius 1 is 0.900 bits per heavy atom. The van der Waals surface area contributed by atoms with Crippen molar-refractivity contribution in [2.24, 2.45) is 0 Å². The van der Waals surface area contributed by atoms with E-state index in [-0.39, 0.29) is 6.54 Å². The summed E-state index contributed by atoms with van der Waals surface area (Å²) >= 11 is 0. The monoisotopic (exact) mass is 273 g/mol. The fourth-order valence-electron chi connectivity index (χ4n) is 2.43. The molecule has 1 aromatic rings. The molecule has 0 aromatic heterocycles. The Morgan fingerprint density at radius 2 is 1.40 bits per heavy atom. The van der Waals surface area contributed by atoms with E-state index in [1.54, 1.807) is 0 Å². The van der Waals surface area contributed by atoms with E-state index in [4.69, 9.17) is 0 Å². The summed E-state index contributed by atoms with van der Waals surface area (Å²) in [5, 5.41) is 47.8. The number of piperidine rings is 1. The van der Waals surface area contributed by atoms with Gasteiger partial charge in [-0.15, -0.1) is 0 Å². The van der Waals surface area contributed by atoms with Crippen LogP contribution >= 0.6 is 0 Å². The Morgan fingerprint density at radius 3 is 1.85 bits per heavy atom. The first-order chi connectivity index (χ1) is 9.60. The van der Waals surface area contributed by atoms with Crippen LogP contribution in [0.3, 0.4) is 0 Å². The Labute approximate surface area is 116 Å². The zero-order valence-corrected chi connectivity index (χ0v) is 10.7. The number of aliphatic hydroxyl groups is 3. The predicted molar refractivity (Wildman–Crippen MR) is 68.8 cm³/mol. The molecule has 2 rings (SSSR count). The fraction of sp³-hybridized carbons (Fsp3) is 0.429. The largest absolute Gasteiger partial charge is 0.388 e. The average Bonchev–Trinajstić information content (AvgIpc) is 2.47. The molecule has 0 bridgehead atoms. The molecule has 1 aliphatic rings. The standard InChI is InChI=1S/C14H15N3O3/c15-6-10-12(18)14(20)13(19)11(7-16)17(10)8-9-4-2-1-3-5-9/h1-5,10-14,18-20H,8H2/t10-,11+,12-,13+,14?. The van der Waals surface area contributed by atoms with Gasteiger partial charge in [0, 0.05) is 6.54 Å². The summed E-state index contributed by atoms with van der Waals surface area (Å²) in [5.74, 6) is 0. The molecular weight excluding hydrogens is 258 g/mol. The van der Waals surface area contributed by atoms with Crippen LogP contribution < -0.4 is 0 Å². The second kappa shape index (κ2) is 6.00. The third-order valence-corrected chi connectivity index (χ3v) is 3.53. The summed E-state index contributed by atoms with van der Waals surface area (Å²) < 4.78 is 0. The van der Waals surface area contributed by atoms with Crippen LogP contribution in [0, 0.1) is 22.7 Å². The van der Waals surface area contributed by atoms with Crippen LogP contribution in [0.4, 0.5) is 0 Å². The van der Waals surface area contributed by atoms with Crippen molar-refractivity contribution in [1.82, 2.24) is 4.90 Å². The Balaban J connectivity index is 2.31. The van der Waals surface area contributed by atoms with E-state index in [2.05, 4.69) is 0 Å². The van der Waals surface area contributed by atoms with Crippen molar-refractivity contribution in [3.05, 3.63) is 35.9 Å². The van der Waals surface area contributed by atoms with E-state index in [9.17, 15) is 25.8 Å². The first-order valence-electron chi connectivity index (χ1n) is 6.23. The summed E-state index contributed by atoms with van der Waals surface area (Å²) in [5.41, 5.74) is 0.851. The first-order valence-corrected chi connectivity index (χ1v) is 6.23. The minimum Gasteiger partial charge on any atom is -0.388 e. The van der Waals surface area contributed by atoms with Gasteiger partial charge in [0.1, 0.15) is 30.4 Å². The molecule has 1 aliphatic heterocycles. The molecule has 0 radical (unpaired) electrons. The van der Waals surface area contributed by atoms with Crippen molar-refractivity contribution in [2.75, 3.05) is 0 Å². The highest BCUT2D eigenvalue weighted by Gasteiger charge is 2.48. The minimum absolute atomic E-state index is 0.234. The highest BCUT2D eigenvalue weighted by atomic mass is 16.4. The molecule has 6 heteroatoms. The van der Waals surface area contributed by atoms with Gasteiger partial charge < -0.3 is 15.3 Å². The molecule has 0 amide bonds. The van der Waals surface area contributed by atoms with E-state index in [1.807, 2.05) is 42.5 Å². The molecule has 104 valence electrons. The van der Waals surface area contributed by atoms with Gasteiger partial charge >= 0.3 is 0 Å². The van der Waals surface area contributed by atoms with Gasteiger partial charge in [-0.1, -0.05) is 30.3 Å². The van der Waals surface area contributed by atoms with Crippen LogP contribution in [-0.4, -0.2) is 50.6 Å². The number of hydrogen-bond acceptors (Lipinski definition) is 6. The van der Waals surface area contributed by atoms with Crippen molar-refractivity contribution in [1.29, 1.82) is 10.5 Å². The maximum absolute atomic E-state index is 9.89. The second-order valence-electron chi connectivity index (χ2n) is 4.78. The number of nitriles is 2. The highest BCUT2D eigenvalue weighted by molar-refractivity contribution is 5.19. The lowest BCUT2D eigenvalue weighted by Gasteiger charge is -2.43.